The first kappa shape index (κ1) is 20.8. The van der Waals surface area contributed by atoms with Crippen LogP contribution in [0.1, 0.15) is 5.56 Å². The van der Waals surface area contributed by atoms with Crippen molar-refractivity contribution in [2.45, 2.75) is 11.8 Å². The summed E-state index contributed by atoms with van der Waals surface area (Å²) in [6, 6.07) is 13.5. The number of aryl methyl sites for hydroxylation is 1. The van der Waals surface area contributed by atoms with Crippen LogP contribution in [0, 0.1) is 6.92 Å². The van der Waals surface area contributed by atoms with Gasteiger partial charge < -0.3 is 10.3 Å². The van der Waals surface area contributed by atoms with Crippen molar-refractivity contribution < 1.29 is 13.0 Å². The molecule has 0 fully saturated rings. The number of nitrogens with one attached hydrogen (secondary N) is 3. The van der Waals surface area contributed by atoms with Gasteiger partial charge in [-0.2, -0.15) is 8.42 Å². The highest BCUT2D eigenvalue weighted by molar-refractivity contribution is 7.87. The first-order chi connectivity index (χ1) is 15.3. The Bertz CT molecular complexity index is 1590. The van der Waals surface area contributed by atoms with Crippen molar-refractivity contribution in [3.05, 3.63) is 60.6 Å². The highest BCUT2D eigenvalue weighted by Crippen LogP contribution is 2.42. The maximum absolute atomic E-state index is 11.4. The van der Waals surface area contributed by atoms with Gasteiger partial charge in [0.2, 0.25) is 0 Å². The summed E-state index contributed by atoms with van der Waals surface area (Å²) in [5, 5.41) is 4.45. The van der Waals surface area contributed by atoms with Gasteiger partial charge in [0.15, 0.2) is 5.82 Å². The number of hydrogen-bond donors (Lipinski definition) is 5. The molecule has 3 heterocycles. The average Bonchev–Trinajstić information content (AvgIpc) is 3.37. The predicted molar refractivity (Wildman–Crippen MR) is 132 cm³/mol. The molecule has 0 amide bonds. The number of hydrogen-bond acceptors (Lipinski definition) is 7. The van der Waals surface area contributed by atoms with E-state index in [9.17, 15) is 13.0 Å². The van der Waals surface area contributed by atoms with Gasteiger partial charge in [-0.05, 0) is 42.8 Å². The van der Waals surface area contributed by atoms with Gasteiger partial charge >= 0.3 is 10.3 Å². The maximum atomic E-state index is 11.4. The van der Waals surface area contributed by atoms with Gasteiger partial charge in [-0.3, -0.25) is 9.27 Å². The summed E-state index contributed by atoms with van der Waals surface area (Å²) >= 11 is 6.00. The molecule has 0 saturated carbocycles. The molecule has 8 nitrogen and oxygen atoms in total. The Kier molecular flexibility index (Phi) is 5.05. The molecule has 0 aliphatic rings. The molecule has 0 aliphatic carbocycles. The van der Waals surface area contributed by atoms with Crippen LogP contribution >= 0.6 is 24.0 Å². The summed E-state index contributed by atoms with van der Waals surface area (Å²) in [6.07, 6.45) is 3.39. The Morgan fingerprint density at radius 1 is 1.12 bits per heavy atom. The summed E-state index contributed by atoms with van der Waals surface area (Å²) in [5.74, 6) is 0.672. The van der Waals surface area contributed by atoms with Crippen LogP contribution in [0.3, 0.4) is 0 Å². The SMILES string of the molecule is Cc1ccc(-c2cc3ncnc(Nc4ccc5[nH]ccc5c4)c3s2)c(S)c1NS(=O)(=O)O. The lowest BCUT2D eigenvalue weighted by atomic mass is 10.1. The molecular weight excluding hydrogens is 466 g/mol. The zero-order valence-electron chi connectivity index (χ0n) is 16.6. The number of thiol groups is 1. The molecule has 0 bridgehead atoms. The van der Waals surface area contributed by atoms with Gasteiger partial charge in [-0.25, -0.2) is 9.97 Å². The smallest absolute Gasteiger partial charge is 0.357 e. The molecule has 4 N–H and O–H groups in total. The van der Waals surface area contributed by atoms with Gasteiger partial charge in [-0.15, -0.1) is 24.0 Å². The lowest BCUT2D eigenvalue weighted by Gasteiger charge is -2.13. The number of benzene rings is 2. The highest BCUT2D eigenvalue weighted by Gasteiger charge is 2.17. The van der Waals surface area contributed by atoms with Gasteiger partial charge in [0.1, 0.15) is 6.33 Å². The number of aromatic amines is 1. The molecule has 0 atom stereocenters. The van der Waals surface area contributed by atoms with Crippen molar-refractivity contribution in [3.63, 3.8) is 0 Å². The Balaban J connectivity index is 1.57. The Labute approximate surface area is 193 Å². The Morgan fingerprint density at radius 2 is 1.97 bits per heavy atom. The maximum Gasteiger partial charge on any atom is 0.357 e. The van der Waals surface area contributed by atoms with E-state index < -0.39 is 10.3 Å². The average molecular weight is 484 g/mol. The molecule has 32 heavy (non-hydrogen) atoms. The number of rotatable bonds is 5. The zero-order chi connectivity index (χ0) is 22.5. The van der Waals surface area contributed by atoms with Gasteiger partial charge in [0.05, 0.1) is 15.9 Å². The molecule has 2 aromatic carbocycles. The highest BCUT2D eigenvalue weighted by atomic mass is 32.2. The zero-order valence-corrected chi connectivity index (χ0v) is 19.1. The van der Waals surface area contributed by atoms with Gasteiger partial charge in [0, 0.05) is 38.1 Å². The van der Waals surface area contributed by atoms with E-state index in [0.29, 0.717) is 21.8 Å². The second-order valence-corrected chi connectivity index (χ2v) is 9.84. The fraction of sp³-hybridized carbons (Fsp3) is 0.0476. The normalized spacial score (nSPS) is 11.8. The lowest BCUT2D eigenvalue weighted by molar-refractivity contribution is 0.489. The third-order valence-corrected chi connectivity index (χ3v) is 7.10. The summed E-state index contributed by atoms with van der Waals surface area (Å²) in [6.45, 7) is 1.73. The Morgan fingerprint density at radius 3 is 2.78 bits per heavy atom. The minimum absolute atomic E-state index is 0.232. The van der Waals surface area contributed by atoms with Crippen LogP contribution in [0.4, 0.5) is 17.2 Å². The number of anilines is 3. The fourth-order valence-corrected chi connectivity index (χ4v) is 5.68. The molecule has 11 heteroatoms. The monoisotopic (exact) mass is 483 g/mol. The van der Waals surface area contributed by atoms with Crippen LogP contribution in [0.5, 0.6) is 0 Å². The van der Waals surface area contributed by atoms with E-state index in [1.165, 1.54) is 17.7 Å². The number of thiophene rings is 1. The van der Waals surface area contributed by atoms with E-state index >= 15 is 0 Å². The number of nitrogens with zero attached hydrogens (tertiary/aromatic N) is 2. The van der Waals surface area contributed by atoms with E-state index in [4.69, 9.17) is 0 Å². The van der Waals surface area contributed by atoms with Crippen molar-refractivity contribution in [3.8, 4) is 10.4 Å². The molecule has 5 aromatic rings. The number of aromatic nitrogens is 3. The van der Waals surface area contributed by atoms with Crippen LogP contribution in [0.25, 0.3) is 31.6 Å². The first-order valence-electron chi connectivity index (χ1n) is 9.45. The molecular formula is C21H17N5O3S3. The van der Waals surface area contributed by atoms with Crippen molar-refractivity contribution >= 4 is 72.6 Å². The molecule has 0 radical (unpaired) electrons. The topological polar surface area (TPSA) is 120 Å². The predicted octanol–water partition coefficient (Wildman–Crippen LogP) is 5.40. The van der Waals surface area contributed by atoms with Crippen LogP contribution < -0.4 is 10.0 Å². The molecule has 0 aliphatic heterocycles. The summed E-state index contributed by atoms with van der Waals surface area (Å²) in [7, 11) is -4.43. The molecule has 5 rings (SSSR count). The first-order valence-corrected chi connectivity index (χ1v) is 12.2. The van der Waals surface area contributed by atoms with Crippen LogP contribution in [-0.2, 0) is 10.3 Å². The number of fused-ring (bicyclic) bond motifs is 2. The fourth-order valence-electron chi connectivity index (χ4n) is 3.49. The van der Waals surface area contributed by atoms with E-state index in [1.807, 2.05) is 42.6 Å². The number of H-pyrrole nitrogens is 1. The summed E-state index contributed by atoms with van der Waals surface area (Å²) in [4.78, 5) is 13.2. The molecule has 0 spiro atoms. The van der Waals surface area contributed by atoms with Crippen LogP contribution in [0.15, 0.2) is 59.9 Å². The third-order valence-electron chi connectivity index (χ3n) is 5.01. The van der Waals surface area contributed by atoms with E-state index in [-0.39, 0.29) is 5.69 Å². The molecule has 0 saturated heterocycles. The van der Waals surface area contributed by atoms with Crippen molar-refractivity contribution in [1.82, 2.24) is 15.0 Å². The molecule has 162 valence electrons. The minimum Gasteiger partial charge on any atom is -0.361 e. The summed E-state index contributed by atoms with van der Waals surface area (Å²) in [5.41, 5.74) is 4.29. The van der Waals surface area contributed by atoms with Crippen molar-refractivity contribution in [2.24, 2.45) is 0 Å². The minimum atomic E-state index is -4.43. The van der Waals surface area contributed by atoms with Gasteiger partial charge in [-0.1, -0.05) is 12.1 Å². The van der Waals surface area contributed by atoms with Gasteiger partial charge in [0.25, 0.3) is 0 Å². The third kappa shape index (κ3) is 3.91. The van der Waals surface area contributed by atoms with Crippen molar-refractivity contribution in [2.75, 3.05) is 10.0 Å². The summed E-state index contributed by atoms with van der Waals surface area (Å²) < 4.78 is 34.9. The second kappa shape index (κ2) is 7.78. The van der Waals surface area contributed by atoms with E-state index in [0.717, 1.165) is 31.7 Å². The second-order valence-electron chi connectivity index (χ2n) is 7.18. The molecule has 0 unspecified atom stereocenters. The van der Waals surface area contributed by atoms with Crippen molar-refractivity contribution in [1.29, 1.82) is 0 Å². The van der Waals surface area contributed by atoms with E-state index in [2.05, 4.69) is 37.6 Å². The standard InChI is InChI=1S/C21H17N5O3S3/c1-11-2-4-14(19(30)18(11)26-32(27,28)29)17-9-16-20(31-17)21(24-10-23-16)25-13-3-5-15-12(8-13)6-7-22-15/h2-10,22,26,30H,1H3,(H,23,24,25)(H,27,28,29). The Hall–Kier alpha value is -3.12. The van der Waals surface area contributed by atoms with Crippen LogP contribution in [-0.4, -0.2) is 27.9 Å². The quantitative estimate of drug-likeness (QED) is 0.169. The molecule has 3 aromatic heterocycles. The largest absolute Gasteiger partial charge is 0.361 e. The van der Waals surface area contributed by atoms with E-state index in [1.54, 1.807) is 13.0 Å². The van der Waals surface area contributed by atoms with Crippen LogP contribution in [0.2, 0.25) is 0 Å². The lowest BCUT2D eigenvalue weighted by Crippen LogP contribution is -2.12.